The molecule has 6 atom stereocenters. The van der Waals surface area contributed by atoms with E-state index >= 15 is 0 Å². The van der Waals surface area contributed by atoms with Crippen LogP contribution in [-0.4, -0.2) is 107 Å². The van der Waals surface area contributed by atoms with Crippen molar-refractivity contribution in [1.29, 1.82) is 0 Å². The molecule has 2 heterocycles. The van der Waals surface area contributed by atoms with Gasteiger partial charge >= 0.3 is 0 Å². The number of nitrogens with two attached hydrogens (primary N) is 2. The van der Waals surface area contributed by atoms with Crippen LogP contribution in [0.25, 0.3) is 0 Å². The number of carbonyl (C=O) groups is 4. The molecule has 41 heavy (non-hydrogen) atoms. The monoisotopic (exact) mass is 577 g/mol. The number of likely N-dealkylation sites (tertiary alicyclic amines) is 2. The van der Waals surface area contributed by atoms with E-state index in [9.17, 15) is 29.4 Å². The van der Waals surface area contributed by atoms with Gasteiger partial charge in [0.05, 0.1) is 26.4 Å². The normalized spacial score (nSPS) is 23.5. The predicted octanol–water partition coefficient (Wildman–Crippen LogP) is -1.03. The Balaban J connectivity index is 2.06. The van der Waals surface area contributed by atoms with E-state index in [2.05, 4.69) is 5.32 Å². The number of rotatable bonds is 11. The molecule has 2 saturated heterocycles. The number of hydrogen-bond donors (Lipinski definition) is 5. The van der Waals surface area contributed by atoms with Crippen molar-refractivity contribution < 1.29 is 38.9 Å². The van der Waals surface area contributed by atoms with Crippen molar-refractivity contribution in [2.75, 3.05) is 27.3 Å². The third-order valence-electron chi connectivity index (χ3n) is 8.10. The molecule has 0 spiro atoms. The van der Waals surface area contributed by atoms with Crippen molar-refractivity contribution >= 4 is 23.6 Å². The average molecular weight is 578 g/mol. The van der Waals surface area contributed by atoms with Gasteiger partial charge in [0.25, 0.3) is 0 Å². The van der Waals surface area contributed by atoms with Gasteiger partial charge in [-0.15, -0.1) is 0 Å². The van der Waals surface area contributed by atoms with Crippen LogP contribution >= 0.6 is 0 Å². The number of carbonyl (C=O) groups excluding carboxylic acids is 4. The van der Waals surface area contributed by atoms with Crippen LogP contribution in [0.3, 0.4) is 0 Å². The first-order valence-corrected chi connectivity index (χ1v) is 13.8. The van der Waals surface area contributed by atoms with E-state index in [1.165, 1.54) is 37.9 Å². The molecule has 0 saturated carbocycles. The Morgan fingerprint density at radius 2 is 1.78 bits per heavy atom. The Bertz CT molecular complexity index is 1160. The van der Waals surface area contributed by atoms with Crippen LogP contribution in [-0.2, 0) is 25.6 Å². The first-order chi connectivity index (χ1) is 19.3. The Labute approximate surface area is 240 Å². The van der Waals surface area contributed by atoms with Gasteiger partial charge in [-0.2, -0.15) is 0 Å². The van der Waals surface area contributed by atoms with Crippen LogP contribution in [0.1, 0.15) is 50.7 Å². The molecular formula is C28H43N5O8. The second-order valence-electron chi connectivity index (χ2n) is 11.0. The van der Waals surface area contributed by atoms with Gasteiger partial charge in [0, 0.05) is 19.5 Å². The molecule has 2 aliphatic rings. The number of ether oxygens (including phenoxy) is 2. The summed E-state index contributed by atoms with van der Waals surface area (Å²) in [5.74, 6) is -1.54. The smallest absolute Gasteiger partial charge is 0.247 e. The van der Waals surface area contributed by atoms with Gasteiger partial charge in [-0.3, -0.25) is 19.2 Å². The van der Waals surface area contributed by atoms with Crippen molar-refractivity contribution in [2.45, 2.75) is 88.7 Å². The average Bonchev–Trinajstić information content (AvgIpc) is 3.58. The third kappa shape index (κ3) is 6.41. The Morgan fingerprint density at radius 1 is 1.10 bits per heavy atom. The summed E-state index contributed by atoms with van der Waals surface area (Å²) in [6.07, 6.45) is -0.639. The summed E-state index contributed by atoms with van der Waals surface area (Å²) in [5.41, 5.74) is 11.4. The minimum atomic E-state index is -1.46. The molecule has 13 heteroatoms. The van der Waals surface area contributed by atoms with Crippen molar-refractivity contribution in [3.63, 3.8) is 0 Å². The first-order valence-electron chi connectivity index (χ1n) is 13.8. The van der Waals surface area contributed by atoms with E-state index in [0.29, 0.717) is 42.9 Å². The second-order valence-corrected chi connectivity index (χ2v) is 11.0. The molecule has 13 nitrogen and oxygen atoms in total. The van der Waals surface area contributed by atoms with E-state index < -0.39 is 59.5 Å². The number of aryl methyl sites for hydroxylation is 1. The fraction of sp³-hybridized carbons (Fsp3) is 0.643. The molecule has 3 rings (SSSR count). The number of nitrogens with zero attached hydrogens (tertiary/aromatic N) is 2. The first kappa shape index (κ1) is 32.1. The zero-order valence-corrected chi connectivity index (χ0v) is 24.4. The highest BCUT2D eigenvalue weighted by Gasteiger charge is 2.53. The number of methoxy groups -OCH3 is 2. The number of benzene rings is 1. The Kier molecular flexibility index (Phi) is 10.2. The summed E-state index contributed by atoms with van der Waals surface area (Å²) in [4.78, 5) is 56.2. The molecular weight excluding hydrogens is 534 g/mol. The number of nitrogens with one attached hydrogen (secondary N) is 1. The summed E-state index contributed by atoms with van der Waals surface area (Å²) in [7, 11) is 3.02. The van der Waals surface area contributed by atoms with E-state index in [-0.39, 0.29) is 19.4 Å². The minimum absolute atomic E-state index is 0.0604. The van der Waals surface area contributed by atoms with E-state index in [1.807, 2.05) is 13.0 Å². The van der Waals surface area contributed by atoms with Crippen LogP contribution < -0.4 is 26.3 Å². The second kappa shape index (κ2) is 13.0. The molecule has 0 radical (unpaired) electrons. The lowest BCUT2D eigenvalue weighted by Crippen LogP contribution is -2.65. The number of hydrogen-bond acceptors (Lipinski definition) is 9. The van der Waals surface area contributed by atoms with Gasteiger partial charge in [-0.05, 0) is 63.6 Å². The van der Waals surface area contributed by atoms with Gasteiger partial charge < -0.3 is 46.3 Å². The summed E-state index contributed by atoms with van der Waals surface area (Å²) in [5, 5.41) is 22.6. The molecule has 0 unspecified atom stereocenters. The van der Waals surface area contributed by atoms with Gasteiger partial charge in [0.2, 0.25) is 23.6 Å². The van der Waals surface area contributed by atoms with Crippen LogP contribution in [0, 0.1) is 6.92 Å². The van der Waals surface area contributed by atoms with Gasteiger partial charge in [0.1, 0.15) is 23.7 Å². The zero-order valence-electron chi connectivity index (χ0n) is 24.4. The SMILES string of the molecule is COc1cc(C[C@]2(C(=O)N[C@H](C(N)=O)[C@@H](C)O)CCCN2C(=O)[C@@H]2CCCN2C(=O)[C@@H](N)[C@@H](C)O)cc(C)c1OC. The van der Waals surface area contributed by atoms with E-state index in [0.717, 1.165) is 5.56 Å². The predicted molar refractivity (Wildman–Crippen MR) is 149 cm³/mol. The summed E-state index contributed by atoms with van der Waals surface area (Å²) >= 11 is 0. The number of aliphatic hydroxyl groups excluding tert-OH is 2. The van der Waals surface area contributed by atoms with Crippen molar-refractivity contribution in [3.8, 4) is 11.5 Å². The van der Waals surface area contributed by atoms with Crippen LogP contribution in [0.5, 0.6) is 11.5 Å². The highest BCUT2D eigenvalue weighted by Crippen LogP contribution is 2.39. The standard InChI is InChI=1S/C28H43N5O8/c1-15-12-18(13-20(40-4)23(15)41-5)14-28(27(39)31-22(17(3)35)24(30)36)9-7-11-33(28)25(37)19-8-6-10-32(19)26(38)21(29)16(2)34/h12-13,16-17,19,21-22,34-35H,6-11,14,29H2,1-5H3,(H2,30,36)(H,31,39)/t16-,17-,19+,21+,22+,28+/m1/s1. The van der Waals surface area contributed by atoms with E-state index in [4.69, 9.17) is 20.9 Å². The van der Waals surface area contributed by atoms with Gasteiger partial charge in [0.15, 0.2) is 11.5 Å². The summed E-state index contributed by atoms with van der Waals surface area (Å²) < 4.78 is 11.0. The number of aliphatic hydroxyl groups is 2. The molecule has 0 aromatic heterocycles. The van der Waals surface area contributed by atoms with Crippen LogP contribution in [0.15, 0.2) is 12.1 Å². The fourth-order valence-corrected chi connectivity index (χ4v) is 5.94. The van der Waals surface area contributed by atoms with Crippen LogP contribution in [0.2, 0.25) is 0 Å². The Morgan fingerprint density at radius 3 is 2.34 bits per heavy atom. The summed E-state index contributed by atoms with van der Waals surface area (Å²) in [6.45, 7) is 5.11. The quantitative estimate of drug-likeness (QED) is 0.218. The zero-order chi connectivity index (χ0) is 30.6. The molecule has 1 aromatic carbocycles. The van der Waals surface area contributed by atoms with Gasteiger partial charge in [-0.1, -0.05) is 6.07 Å². The molecule has 4 amide bonds. The highest BCUT2D eigenvalue weighted by atomic mass is 16.5. The molecule has 0 bridgehead atoms. The molecule has 228 valence electrons. The maximum Gasteiger partial charge on any atom is 0.247 e. The molecule has 2 aliphatic heterocycles. The van der Waals surface area contributed by atoms with Crippen molar-refractivity contribution in [3.05, 3.63) is 23.3 Å². The molecule has 1 aromatic rings. The molecule has 0 aliphatic carbocycles. The van der Waals surface area contributed by atoms with Crippen LogP contribution in [0.4, 0.5) is 0 Å². The molecule has 2 fully saturated rings. The van der Waals surface area contributed by atoms with Gasteiger partial charge in [-0.25, -0.2) is 0 Å². The van der Waals surface area contributed by atoms with E-state index in [1.54, 1.807) is 6.07 Å². The lowest BCUT2D eigenvalue weighted by molar-refractivity contribution is -0.152. The lowest BCUT2D eigenvalue weighted by atomic mass is 9.85. The minimum Gasteiger partial charge on any atom is -0.493 e. The fourth-order valence-electron chi connectivity index (χ4n) is 5.94. The maximum atomic E-state index is 14.2. The largest absolute Gasteiger partial charge is 0.493 e. The lowest BCUT2D eigenvalue weighted by Gasteiger charge is -2.41. The van der Waals surface area contributed by atoms with Crippen molar-refractivity contribution in [2.24, 2.45) is 11.5 Å². The number of amides is 4. The highest BCUT2D eigenvalue weighted by molar-refractivity contribution is 5.98. The topological polar surface area (TPSA) is 198 Å². The van der Waals surface area contributed by atoms with Crippen molar-refractivity contribution in [1.82, 2.24) is 15.1 Å². The Hall–Kier alpha value is -3.42. The maximum absolute atomic E-state index is 14.2. The summed E-state index contributed by atoms with van der Waals surface area (Å²) in [6, 6.07) is 0.137. The molecule has 7 N–H and O–H groups in total. The third-order valence-corrected chi connectivity index (χ3v) is 8.10. The number of primary amides is 1.